The number of allylic oxidation sites excluding steroid dienone is 2. The van der Waals surface area contributed by atoms with Crippen LogP contribution >= 0.6 is 21.6 Å². The molecule has 4 aliphatic heterocycles. The van der Waals surface area contributed by atoms with E-state index in [0.29, 0.717) is 73.2 Å². The molecular weight excluding hydrogens is 861 g/mol. The second-order valence-electron chi connectivity index (χ2n) is 16.4. The summed E-state index contributed by atoms with van der Waals surface area (Å²) in [6.45, 7) is 11.6. The fourth-order valence-corrected chi connectivity index (χ4v) is 9.78. The summed E-state index contributed by atoms with van der Waals surface area (Å²) in [5.74, 6) is 1.19. The van der Waals surface area contributed by atoms with Crippen LogP contribution in [0.5, 0.6) is 17.2 Å². The van der Waals surface area contributed by atoms with Crippen molar-refractivity contribution in [3.05, 3.63) is 98.8 Å². The first-order chi connectivity index (χ1) is 30.6. The Bertz CT molecular complexity index is 2300. The second kappa shape index (κ2) is 21.4. The minimum Gasteiger partial charge on any atom is -0.493 e. The molecule has 0 saturated carbocycles. The third-order valence-corrected chi connectivity index (χ3v) is 14.3. The van der Waals surface area contributed by atoms with E-state index in [9.17, 15) is 19.5 Å². The van der Waals surface area contributed by atoms with Crippen LogP contribution in [-0.4, -0.2) is 119 Å². The number of unbranched alkanes of at least 4 members (excludes halogenated alkanes) is 2. The molecular formula is C46H56N6O10S2. The number of aliphatic hydroxyl groups is 1. The summed E-state index contributed by atoms with van der Waals surface area (Å²) in [4.78, 5) is 63.6. The zero-order chi connectivity index (χ0) is 46.1. The molecule has 3 atom stereocenters. The molecule has 2 saturated heterocycles. The summed E-state index contributed by atoms with van der Waals surface area (Å²) in [6.07, 6.45) is 8.98. The Morgan fingerprint density at radius 1 is 0.953 bits per heavy atom. The molecule has 7 rings (SSSR count). The zero-order valence-corrected chi connectivity index (χ0v) is 38.9. The van der Waals surface area contributed by atoms with E-state index in [1.54, 1.807) is 42.5 Å². The van der Waals surface area contributed by atoms with E-state index in [0.717, 1.165) is 42.5 Å². The van der Waals surface area contributed by atoms with Gasteiger partial charge in [0, 0.05) is 42.6 Å². The van der Waals surface area contributed by atoms with Crippen LogP contribution in [-0.2, 0) is 4.74 Å². The van der Waals surface area contributed by atoms with E-state index in [-0.39, 0.29) is 30.2 Å². The molecule has 3 aromatic rings. The molecule has 3 amide bonds. The van der Waals surface area contributed by atoms with E-state index in [4.69, 9.17) is 29.1 Å². The SMILES string of the molecule is CC=C1C[C@H]2C=Nc3cc(OCCCCCOc4cc5c(cc4C)C(=O)N4CC(=CC)C[C@H]4C(O)N5C(=O)OCC(C)(C)SSc4ccccn4)c(OC)cc3C(=O)N2C1.C[N+](=O)[O-]. The number of carbonyl (C=O) groups excluding carboxylic acids is 3. The highest BCUT2D eigenvalue weighted by atomic mass is 33.1. The molecule has 1 aromatic heterocycles. The van der Waals surface area contributed by atoms with Crippen molar-refractivity contribution in [1.29, 1.82) is 0 Å². The summed E-state index contributed by atoms with van der Waals surface area (Å²) in [5, 5.41) is 21.5. The number of methoxy groups -OCH3 is 1. The molecule has 0 radical (unpaired) electrons. The minimum atomic E-state index is -1.34. The zero-order valence-electron chi connectivity index (χ0n) is 37.3. The molecule has 1 unspecified atom stereocenters. The Balaban J connectivity index is 0.00000163. The average Bonchev–Trinajstić information content (AvgIpc) is 3.87. The summed E-state index contributed by atoms with van der Waals surface area (Å²) >= 11 is 0. The second-order valence-corrected chi connectivity index (χ2v) is 19.2. The number of hydrogen-bond acceptors (Lipinski definition) is 14. The number of amides is 3. The van der Waals surface area contributed by atoms with Crippen molar-refractivity contribution >= 4 is 57.1 Å². The molecule has 2 aromatic carbocycles. The Kier molecular flexibility index (Phi) is 16.0. The number of nitro groups is 1. The standard InChI is InChI=1S/C45H53N5O8S2.CH3NO2/c1-7-29-19-31-24-47-34-22-39(38(55-6)21-32(34)41(51)48(31)25-29)57-17-13-9-12-16-56-37-23-35-33(18-28(37)3)42(52)49-26-30(8-2)20-36(49)43(53)50(35)44(54)58-27-45(4,5)60-59-40-14-10-11-15-46-40;1-2(3)4/h7-8,10-11,14-15,18,21-24,31,36,43,53H,9,12-13,16-17,19-20,25-27H2,1-6H3;1H3/t31-,36-,43?;/m0./s1. The molecule has 5 heterocycles. The summed E-state index contributed by atoms with van der Waals surface area (Å²) in [6, 6.07) is 11.9. The Labute approximate surface area is 381 Å². The quantitative estimate of drug-likeness (QED) is 0.0534. The maximum atomic E-state index is 14.1. The molecule has 18 heteroatoms. The van der Waals surface area contributed by atoms with Gasteiger partial charge in [0.2, 0.25) is 0 Å². The monoisotopic (exact) mass is 916 g/mol. The molecule has 342 valence electrons. The normalized spacial score (nSPS) is 20.1. The smallest absolute Gasteiger partial charge is 0.416 e. The van der Waals surface area contributed by atoms with Crippen LogP contribution in [0.2, 0.25) is 0 Å². The lowest BCUT2D eigenvalue weighted by atomic mass is 10.1. The van der Waals surface area contributed by atoms with Crippen molar-refractivity contribution in [1.82, 2.24) is 14.8 Å². The van der Waals surface area contributed by atoms with Crippen LogP contribution in [0.1, 0.15) is 86.1 Å². The molecule has 2 fully saturated rings. The van der Waals surface area contributed by atoms with E-state index < -0.39 is 28.0 Å². The summed E-state index contributed by atoms with van der Waals surface area (Å²) in [7, 11) is 5.48. The topological polar surface area (TPSA) is 186 Å². The van der Waals surface area contributed by atoms with Gasteiger partial charge in [0.15, 0.2) is 24.8 Å². The van der Waals surface area contributed by atoms with Gasteiger partial charge in [0.25, 0.3) is 11.8 Å². The Morgan fingerprint density at radius 3 is 2.30 bits per heavy atom. The lowest BCUT2D eigenvalue weighted by molar-refractivity contribution is -0.445. The largest absolute Gasteiger partial charge is 0.493 e. The van der Waals surface area contributed by atoms with Crippen LogP contribution in [0.15, 0.2) is 82.0 Å². The minimum absolute atomic E-state index is 0.0557. The van der Waals surface area contributed by atoms with Crippen molar-refractivity contribution < 1.29 is 43.4 Å². The number of ether oxygens (including phenoxy) is 4. The van der Waals surface area contributed by atoms with Crippen LogP contribution in [0, 0.1) is 17.0 Å². The fraction of sp³-hybridized carbons (Fsp3) is 0.457. The number of nitrogens with zero attached hydrogens (tertiary/aromatic N) is 6. The van der Waals surface area contributed by atoms with Crippen molar-refractivity contribution in [2.45, 2.75) is 94.8 Å². The maximum Gasteiger partial charge on any atom is 0.416 e. The number of aromatic nitrogens is 1. The molecule has 4 aliphatic rings. The number of hydrogen-bond donors (Lipinski definition) is 1. The van der Waals surface area contributed by atoms with Gasteiger partial charge < -0.3 is 33.9 Å². The van der Waals surface area contributed by atoms with Crippen LogP contribution < -0.4 is 19.1 Å². The highest BCUT2D eigenvalue weighted by Gasteiger charge is 2.46. The average molecular weight is 917 g/mol. The third kappa shape index (κ3) is 11.4. The predicted octanol–water partition coefficient (Wildman–Crippen LogP) is 8.45. The first kappa shape index (κ1) is 47.9. The van der Waals surface area contributed by atoms with Gasteiger partial charge in [-0.1, -0.05) is 40.2 Å². The number of aliphatic hydroxyl groups excluding tert-OH is 1. The van der Waals surface area contributed by atoms with Crippen molar-refractivity contribution in [2.24, 2.45) is 4.99 Å². The van der Waals surface area contributed by atoms with Gasteiger partial charge in [0.1, 0.15) is 17.4 Å². The molecule has 0 aliphatic carbocycles. The van der Waals surface area contributed by atoms with Gasteiger partial charge >= 0.3 is 6.09 Å². The van der Waals surface area contributed by atoms with Crippen LogP contribution in [0.3, 0.4) is 0 Å². The van der Waals surface area contributed by atoms with Crippen LogP contribution in [0.4, 0.5) is 16.2 Å². The summed E-state index contributed by atoms with van der Waals surface area (Å²) in [5.41, 5.74) is 4.60. The third-order valence-electron chi connectivity index (χ3n) is 11.2. The fourth-order valence-electron chi connectivity index (χ4n) is 7.75. The van der Waals surface area contributed by atoms with Gasteiger partial charge in [-0.2, -0.15) is 0 Å². The van der Waals surface area contributed by atoms with Crippen molar-refractivity contribution in [2.75, 3.05) is 52.0 Å². The highest BCUT2D eigenvalue weighted by molar-refractivity contribution is 8.77. The summed E-state index contributed by atoms with van der Waals surface area (Å²) < 4.78 is 23.4. The van der Waals surface area contributed by atoms with E-state index in [1.165, 1.54) is 32.1 Å². The first-order valence-electron chi connectivity index (χ1n) is 21.2. The number of rotatable bonds is 14. The number of benzene rings is 2. The lowest BCUT2D eigenvalue weighted by Gasteiger charge is -2.32. The van der Waals surface area contributed by atoms with E-state index in [2.05, 4.69) is 16.1 Å². The predicted molar refractivity (Wildman–Crippen MR) is 248 cm³/mol. The van der Waals surface area contributed by atoms with Crippen molar-refractivity contribution in [3.63, 3.8) is 0 Å². The van der Waals surface area contributed by atoms with Gasteiger partial charge in [-0.15, -0.1) is 0 Å². The first-order valence-corrected chi connectivity index (χ1v) is 23.3. The maximum absolute atomic E-state index is 14.1. The number of aliphatic imine (C=N–C) groups is 1. The number of pyridine rings is 1. The highest BCUT2D eigenvalue weighted by Crippen LogP contribution is 2.43. The van der Waals surface area contributed by atoms with Crippen LogP contribution in [0.25, 0.3) is 0 Å². The van der Waals surface area contributed by atoms with Crippen molar-refractivity contribution in [3.8, 4) is 17.2 Å². The van der Waals surface area contributed by atoms with Gasteiger partial charge in [-0.05, 0) is 107 Å². The van der Waals surface area contributed by atoms with E-state index >= 15 is 0 Å². The lowest BCUT2D eigenvalue weighted by Crippen LogP contribution is -2.51. The molecule has 0 bridgehead atoms. The number of fused-ring (bicyclic) bond motifs is 4. The molecule has 0 spiro atoms. The number of carbonyl (C=O) groups is 3. The molecule has 64 heavy (non-hydrogen) atoms. The van der Waals surface area contributed by atoms with Gasteiger partial charge in [-0.25, -0.2) is 14.7 Å². The molecule has 16 nitrogen and oxygen atoms in total. The van der Waals surface area contributed by atoms with Gasteiger partial charge in [0.05, 0.1) is 59.7 Å². The Morgan fingerprint density at radius 2 is 1.62 bits per heavy atom. The Hall–Kier alpha value is -5.59. The molecule has 1 N–H and O–H groups in total. The number of aryl methyl sites for hydroxylation is 1. The van der Waals surface area contributed by atoms with Gasteiger partial charge in [-0.3, -0.25) is 24.7 Å². The number of anilines is 1. The van der Waals surface area contributed by atoms with E-state index in [1.807, 2.05) is 70.0 Å².